The second-order valence-corrected chi connectivity index (χ2v) is 6.86. The van der Waals surface area contributed by atoms with Crippen LogP contribution < -0.4 is 0 Å². The summed E-state index contributed by atoms with van der Waals surface area (Å²) in [6, 6.07) is 10.7. The number of carbonyl (C=O) groups excluding carboxylic acids is 1. The third-order valence-electron chi connectivity index (χ3n) is 5.17. The molecule has 3 rings (SSSR count). The van der Waals surface area contributed by atoms with Crippen molar-refractivity contribution >= 4 is 5.78 Å². The Morgan fingerprint density at radius 1 is 1.04 bits per heavy atom. The van der Waals surface area contributed by atoms with E-state index in [0.717, 1.165) is 12.8 Å². The summed E-state index contributed by atoms with van der Waals surface area (Å²) in [6.45, 7) is 2.58. The molecule has 0 saturated carbocycles. The van der Waals surface area contributed by atoms with Gasteiger partial charge >= 0.3 is 0 Å². The first kappa shape index (κ1) is 18.7. The predicted octanol–water partition coefficient (Wildman–Crippen LogP) is 4.12. The summed E-state index contributed by atoms with van der Waals surface area (Å²) in [6.07, 6.45) is 1.77. The number of nitrogens with zero attached hydrogens (tertiary/aromatic N) is 1. The summed E-state index contributed by atoms with van der Waals surface area (Å²) in [5, 5.41) is 10.7. The molecule has 0 radical (unpaired) electrons. The molecule has 3 unspecified atom stereocenters. The SMILES string of the molecule is CC(C(O)c1ccc(F)cc1)N1CCCCC1C(=O)c1ccc(F)cc1. The second-order valence-electron chi connectivity index (χ2n) is 6.86. The van der Waals surface area contributed by atoms with Crippen molar-refractivity contribution in [2.45, 2.75) is 44.4 Å². The zero-order valence-electron chi connectivity index (χ0n) is 14.7. The number of rotatable bonds is 5. The average Bonchev–Trinajstić information content (AvgIpc) is 2.67. The highest BCUT2D eigenvalue weighted by atomic mass is 19.1. The van der Waals surface area contributed by atoms with Gasteiger partial charge in [0.15, 0.2) is 5.78 Å². The number of aliphatic hydroxyl groups is 1. The predicted molar refractivity (Wildman–Crippen MR) is 95.9 cm³/mol. The number of piperidine rings is 1. The van der Waals surface area contributed by atoms with E-state index < -0.39 is 6.10 Å². The Balaban J connectivity index is 1.80. The lowest BCUT2D eigenvalue weighted by atomic mass is 9.91. The number of halogens is 2. The average molecular weight is 359 g/mol. The fourth-order valence-corrected chi connectivity index (χ4v) is 3.65. The number of likely N-dealkylation sites (tertiary alicyclic amines) is 1. The van der Waals surface area contributed by atoms with Crippen LogP contribution in [0.5, 0.6) is 0 Å². The van der Waals surface area contributed by atoms with Gasteiger partial charge in [-0.15, -0.1) is 0 Å². The van der Waals surface area contributed by atoms with E-state index in [2.05, 4.69) is 0 Å². The fourth-order valence-electron chi connectivity index (χ4n) is 3.65. The standard InChI is InChI=1S/C21H23F2NO2/c1-14(20(25)15-5-9-17(22)10-6-15)24-13-3-2-4-19(24)21(26)16-7-11-18(23)12-8-16/h5-12,14,19-20,25H,2-4,13H2,1H3. The van der Waals surface area contributed by atoms with Crippen LogP contribution in [0.4, 0.5) is 8.78 Å². The lowest BCUT2D eigenvalue weighted by Gasteiger charge is -2.41. The minimum Gasteiger partial charge on any atom is -0.387 e. The monoisotopic (exact) mass is 359 g/mol. The minimum absolute atomic E-state index is 0.0529. The second kappa shape index (κ2) is 8.06. The van der Waals surface area contributed by atoms with E-state index >= 15 is 0 Å². The molecule has 2 aromatic rings. The van der Waals surface area contributed by atoms with Crippen LogP contribution in [-0.2, 0) is 0 Å². The summed E-state index contributed by atoms with van der Waals surface area (Å²) >= 11 is 0. The van der Waals surface area contributed by atoms with E-state index in [1.165, 1.54) is 36.4 Å². The van der Waals surface area contributed by atoms with Gasteiger partial charge in [-0.05, 0) is 68.3 Å². The summed E-state index contributed by atoms with van der Waals surface area (Å²) in [4.78, 5) is 15.0. The first-order valence-electron chi connectivity index (χ1n) is 8.96. The molecular weight excluding hydrogens is 336 g/mol. The number of hydrogen-bond acceptors (Lipinski definition) is 3. The minimum atomic E-state index is -0.822. The van der Waals surface area contributed by atoms with E-state index in [1.54, 1.807) is 12.1 Å². The normalized spacial score (nSPS) is 20.5. The van der Waals surface area contributed by atoms with Crippen molar-refractivity contribution < 1.29 is 18.7 Å². The van der Waals surface area contributed by atoms with Crippen molar-refractivity contribution in [1.82, 2.24) is 4.90 Å². The maximum Gasteiger partial charge on any atom is 0.179 e. The van der Waals surface area contributed by atoms with E-state index in [9.17, 15) is 18.7 Å². The topological polar surface area (TPSA) is 40.5 Å². The van der Waals surface area contributed by atoms with Crippen LogP contribution in [0.25, 0.3) is 0 Å². The number of carbonyl (C=O) groups is 1. The van der Waals surface area contributed by atoms with E-state index in [1.807, 2.05) is 11.8 Å². The largest absolute Gasteiger partial charge is 0.387 e. The summed E-state index contributed by atoms with van der Waals surface area (Å²) in [5.74, 6) is -0.777. The van der Waals surface area contributed by atoms with E-state index in [4.69, 9.17) is 0 Å². The first-order chi connectivity index (χ1) is 12.5. The molecule has 3 atom stereocenters. The molecule has 0 spiro atoms. The Hall–Kier alpha value is -2.11. The van der Waals surface area contributed by atoms with Crippen molar-refractivity contribution in [3.8, 4) is 0 Å². The van der Waals surface area contributed by atoms with Gasteiger partial charge in [0.1, 0.15) is 11.6 Å². The Labute approximate surface area is 152 Å². The molecule has 138 valence electrons. The Morgan fingerprint density at radius 3 is 2.23 bits per heavy atom. The van der Waals surface area contributed by atoms with Gasteiger partial charge in [-0.25, -0.2) is 8.78 Å². The molecule has 1 saturated heterocycles. The zero-order valence-corrected chi connectivity index (χ0v) is 14.7. The number of hydrogen-bond donors (Lipinski definition) is 1. The molecule has 1 N–H and O–H groups in total. The number of ketones is 1. The maximum absolute atomic E-state index is 13.1. The van der Waals surface area contributed by atoms with Crippen molar-refractivity contribution in [2.24, 2.45) is 0 Å². The molecule has 3 nitrogen and oxygen atoms in total. The molecule has 1 aliphatic rings. The molecule has 2 aromatic carbocycles. The smallest absolute Gasteiger partial charge is 0.179 e. The van der Waals surface area contributed by atoms with Crippen molar-refractivity contribution in [1.29, 1.82) is 0 Å². The van der Waals surface area contributed by atoms with Crippen LogP contribution >= 0.6 is 0 Å². The van der Waals surface area contributed by atoms with Gasteiger partial charge in [-0.2, -0.15) is 0 Å². The number of Topliss-reactive ketones (excluding diaryl/α,β-unsaturated/α-hetero) is 1. The van der Waals surface area contributed by atoms with Gasteiger partial charge in [0.25, 0.3) is 0 Å². The van der Waals surface area contributed by atoms with E-state index in [0.29, 0.717) is 24.1 Å². The highest BCUT2D eigenvalue weighted by Crippen LogP contribution is 2.29. The molecule has 0 aliphatic carbocycles. The van der Waals surface area contributed by atoms with Gasteiger partial charge < -0.3 is 5.11 Å². The van der Waals surface area contributed by atoms with Crippen molar-refractivity contribution in [3.05, 3.63) is 71.3 Å². The molecular formula is C21H23F2NO2. The van der Waals surface area contributed by atoms with Crippen LogP contribution in [0.1, 0.15) is 48.2 Å². The highest BCUT2D eigenvalue weighted by Gasteiger charge is 2.35. The third kappa shape index (κ3) is 4.00. The zero-order chi connectivity index (χ0) is 18.7. The molecule has 0 bridgehead atoms. The van der Waals surface area contributed by atoms with Gasteiger partial charge in [-0.3, -0.25) is 9.69 Å². The van der Waals surface area contributed by atoms with Crippen LogP contribution in [0.2, 0.25) is 0 Å². The van der Waals surface area contributed by atoms with Crippen LogP contribution in [-0.4, -0.2) is 34.4 Å². The molecule has 26 heavy (non-hydrogen) atoms. The van der Waals surface area contributed by atoms with Crippen molar-refractivity contribution in [3.63, 3.8) is 0 Å². The Kier molecular flexibility index (Phi) is 5.79. The molecule has 5 heteroatoms. The van der Waals surface area contributed by atoms with Gasteiger partial charge in [0.2, 0.25) is 0 Å². The van der Waals surface area contributed by atoms with Gasteiger partial charge in [0.05, 0.1) is 12.1 Å². The summed E-state index contributed by atoms with van der Waals surface area (Å²) in [5.41, 5.74) is 1.10. The lowest BCUT2D eigenvalue weighted by molar-refractivity contribution is 0.0169. The Morgan fingerprint density at radius 2 is 1.62 bits per heavy atom. The fraction of sp³-hybridized carbons (Fsp3) is 0.381. The van der Waals surface area contributed by atoms with E-state index in [-0.39, 0.29) is 29.5 Å². The summed E-state index contributed by atoms with van der Waals surface area (Å²) < 4.78 is 26.3. The Bertz CT molecular complexity index is 746. The molecule has 1 fully saturated rings. The molecule has 0 aromatic heterocycles. The summed E-state index contributed by atoms with van der Waals surface area (Å²) in [7, 11) is 0. The molecule has 0 amide bonds. The first-order valence-corrected chi connectivity index (χ1v) is 8.96. The molecule has 1 aliphatic heterocycles. The van der Waals surface area contributed by atoms with Crippen LogP contribution in [0.15, 0.2) is 48.5 Å². The number of benzene rings is 2. The van der Waals surface area contributed by atoms with Gasteiger partial charge in [0, 0.05) is 11.6 Å². The number of aliphatic hydroxyl groups excluding tert-OH is 1. The lowest BCUT2D eigenvalue weighted by Crippen LogP contribution is -2.51. The van der Waals surface area contributed by atoms with Gasteiger partial charge in [-0.1, -0.05) is 18.6 Å². The van der Waals surface area contributed by atoms with Crippen LogP contribution in [0.3, 0.4) is 0 Å². The maximum atomic E-state index is 13.1. The quantitative estimate of drug-likeness (QED) is 0.817. The molecule has 1 heterocycles. The third-order valence-corrected chi connectivity index (χ3v) is 5.17. The highest BCUT2D eigenvalue weighted by molar-refractivity contribution is 6.00. The van der Waals surface area contributed by atoms with Crippen LogP contribution in [0, 0.1) is 11.6 Å². The van der Waals surface area contributed by atoms with Crippen molar-refractivity contribution in [2.75, 3.05) is 6.54 Å².